The lowest BCUT2D eigenvalue weighted by atomic mass is 10.2. The second-order valence-electron chi connectivity index (χ2n) is 9.96. The molecule has 38 heavy (non-hydrogen) atoms. The molecule has 0 amide bonds. The van der Waals surface area contributed by atoms with Gasteiger partial charge >= 0.3 is 0 Å². The number of fused-ring (bicyclic) bond motifs is 1. The minimum Gasteiger partial charge on any atom is -0.369 e. The minimum absolute atomic E-state index is 0.0975. The molecule has 2 unspecified atom stereocenters. The first-order chi connectivity index (χ1) is 17.9. The molecule has 3 atom stereocenters. The highest BCUT2D eigenvalue weighted by molar-refractivity contribution is 7.86. The fourth-order valence-corrected chi connectivity index (χ4v) is 5.06. The molecule has 0 saturated carbocycles. The van der Waals surface area contributed by atoms with Crippen LogP contribution in [0.2, 0.25) is 0 Å². The number of aromatic nitrogens is 3. The lowest BCUT2D eigenvalue weighted by Crippen LogP contribution is -2.35. The van der Waals surface area contributed by atoms with Crippen molar-refractivity contribution in [1.29, 1.82) is 0 Å². The molecule has 4 rings (SSSR count). The Labute approximate surface area is 223 Å². The molecule has 0 aliphatic carbocycles. The average Bonchev–Trinajstić information content (AvgIpc) is 3.44. The van der Waals surface area contributed by atoms with Crippen LogP contribution in [0.25, 0.3) is 11.0 Å². The first kappa shape index (κ1) is 28.1. The highest BCUT2D eigenvalue weighted by Crippen LogP contribution is 2.37. The summed E-state index contributed by atoms with van der Waals surface area (Å²) in [6.45, 7) is 7.15. The van der Waals surface area contributed by atoms with Gasteiger partial charge in [-0.25, -0.2) is 15.0 Å². The summed E-state index contributed by atoms with van der Waals surface area (Å²) in [4.78, 5) is 15.5. The highest BCUT2D eigenvalue weighted by Gasteiger charge is 2.42. The molecule has 3 heterocycles. The molecule has 1 aromatic carbocycles. The van der Waals surface area contributed by atoms with Crippen LogP contribution < -0.4 is 0 Å². The molecule has 0 bridgehead atoms. The van der Waals surface area contributed by atoms with E-state index in [4.69, 9.17) is 18.4 Å². The van der Waals surface area contributed by atoms with Crippen LogP contribution >= 0.6 is 0 Å². The van der Waals surface area contributed by atoms with Crippen LogP contribution in [-0.4, -0.2) is 80.0 Å². The first-order valence-electron chi connectivity index (χ1n) is 12.3. The van der Waals surface area contributed by atoms with Crippen molar-refractivity contribution in [3.63, 3.8) is 0 Å². The summed E-state index contributed by atoms with van der Waals surface area (Å²) in [7, 11) is 1.38. The van der Waals surface area contributed by atoms with E-state index >= 15 is 0 Å². The van der Waals surface area contributed by atoms with Crippen molar-refractivity contribution >= 4 is 33.3 Å². The van der Waals surface area contributed by atoms with E-state index in [0.29, 0.717) is 23.7 Å². The third-order valence-corrected chi connectivity index (χ3v) is 7.44. The predicted molar refractivity (Wildman–Crippen MR) is 143 cm³/mol. The Kier molecular flexibility index (Phi) is 8.19. The quantitative estimate of drug-likeness (QED) is 0.163. The van der Waals surface area contributed by atoms with Gasteiger partial charge < -0.3 is 23.7 Å². The summed E-state index contributed by atoms with van der Waals surface area (Å²) in [6, 6.07) is 8.39. The maximum Gasteiger partial charge on any atom is 0.297 e. The molecular formula is C26H35N5O6S. The molecule has 0 N–H and O–H groups in total. The van der Waals surface area contributed by atoms with Crippen LogP contribution in [0.4, 0.5) is 5.82 Å². The summed E-state index contributed by atoms with van der Waals surface area (Å²) in [6.07, 6.45) is 2.28. The summed E-state index contributed by atoms with van der Waals surface area (Å²) in [5.74, 6) is 0.196. The minimum atomic E-state index is -3.95. The van der Waals surface area contributed by atoms with Gasteiger partial charge in [0.25, 0.3) is 10.1 Å². The van der Waals surface area contributed by atoms with Crippen molar-refractivity contribution in [3.8, 4) is 0 Å². The van der Waals surface area contributed by atoms with E-state index < -0.39 is 34.3 Å². The zero-order chi connectivity index (χ0) is 27.7. The van der Waals surface area contributed by atoms with Gasteiger partial charge in [-0.15, -0.1) is 0 Å². The standard InChI is InChI=1S/C26H35N5O6S/c1-17-8-10-20(11-9-17)38(32,33)35-15-19-14-22(37-26(3,4)34-7)25(36-19)31-13-12-21-23(27-16-30(5)6)28-18(2)29-24(21)31/h8-13,16,19,22,25H,14-15H2,1-7H3/t19?,22-,25?/m1/s1. The number of methoxy groups -OCH3 is 1. The van der Waals surface area contributed by atoms with Gasteiger partial charge in [0, 0.05) is 33.8 Å². The summed E-state index contributed by atoms with van der Waals surface area (Å²) in [5.41, 5.74) is 1.59. The van der Waals surface area contributed by atoms with E-state index in [1.807, 2.05) is 56.6 Å². The second-order valence-corrected chi connectivity index (χ2v) is 11.6. The number of aryl methyl sites for hydroxylation is 2. The predicted octanol–water partition coefficient (Wildman–Crippen LogP) is 3.73. The van der Waals surface area contributed by atoms with E-state index in [1.165, 1.54) is 12.1 Å². The van der Waals surface area contributed by atoms with Gasteiger partial charge in [0.15, 0.2) is 17.8 Å². The maximum absolute atomic E-state index is 12.8. The van der Waals surface area contributed by atoms with Crippen LogP contribution in [-0.2, 0) is 28.5 Å². The van der Waals surface area contributed by atoms with Gasteiger partial charge in [0.2, 0.25) is 0 Å². The largest absolute Gasteiger partial charge is 0.369 e. The Morgan fingerprint density at radius 2 is 1.89 bits per heavy atom. The van der Waals surface area contributed by atoms with Gasteiger partial charge in [-0.05, 0) is 45.9 Å². The lowest BCUT2D eigenvalue weighted by molar-refractivity contribution is -0.237. The maximum atomic E-state index is 12.8. The van der Waals surface area contributed by atoms with Crippen molar-refractivity contribution < 1.29 is 26.8 Å². The summed E-state index contributed by atoms with van der Waals surface area (Å²) < 4.78 is 50.9. The number of nitrogens with zero attached hydrogens (tertiary/aromatic N) is 5. The number of benzene rings is 1. The Balaban J connectivity index is 1.62. The van der Waals surface area contributed by atoms with Crippen molar-refractivity contribution in [2.45, 2.75) is 63.2 Å². The SMILES string of the molecule is COC(C)(C)O[C@@H]1CC(COS(=O)(=O)c2ccc(C)cc2)OC1n1ccc2c(N=CN(C)C)nc(C)nc21. The van der Waals surface area contributed by atoms with Crippen molar-refractivity contribution in [3.05, 3.63) is 47.9 Å². The Morgan fingerprint density at radius 3 is 2.55 bits per heavy atom. The monoisotopic (exact) mass is 545 g/mol. The molecule has 12 heteroatoms. The van der Waals surface area contributed by atoms with Crippen LogP contribution in [0.5, 0.6) is 0 Å². The number of hydrogen-bond acceptors (Lipinski definition) is 9. The van der Waals surface area contributed by atoms with Gasteiger partial charge in [0.1, 0.15) is 17.6 Å². The number of hydrogen-bond donors (Lipinski definition) is 0. The van der Waals surface area contributed by atoms with Crippen molar-refractivity contribution in [2.24, 2.45) is 4.99 Å². The molecule has 0 radical (unpaired) electrons. The molecule has 1 saturated heterocycles. The van der Waals surface area contributed by atoms with Crippen LogP contribution in [0, 0.1) is 13.8 Å². The smallest absolute Gasteiger partial charge is 0.297 e. The molecule has 2 aromatic heterocycles. The van der Waals surface area contributed by atoms with Crippen molar-refractivity contribution in [2.75, 3.05) is 27.8 Å². The normalized spacial score (nSPS) is 20.6. The molecule has 1 fully saturated rings. The molecular weight excluding hydrogens is 510 g/mol. The van der Waals surface area contributed by atoms with E-state index in [0.717, 1.165) is 10.9 Å². The van der Waals surface area contributed by atoms with E-state index in [-0.39, 0.29) is 11.5 Å². The Morgan fingerprint density at radius 1 is 1.18 bits per heavy atom. The third-order valence-electron chi connectivity index (χ3n) is 6.14. The zero-order valence-electron chi connectivity index (χ0n) is 22.8. The van der Waals surface area contributed by atoms with E-state index in [9.17, 15) is 8.42 Å². The fraction of sp³-hybridized carbons (Fsp3) is 0.500. The zero-order valence-corrected chi connectivity index (χ0v) is 23.6. The van der Waals surface area contributed by atoms with Crippen molar-refractivity contribution in [1.82, 2.24) is 19.4 Å². The van der Waals surface area contributed by atoms with Gasteiger partial charge in [-0.3, -0.25) is 4.18 Å². The Bertz CT molecular complexity index is 1400. The topological polar surface area (TPSA) is 117 Å². The van der Waals surface area contributed by atoms with Crippen LogP contribution in [0.3, 0.4) is 0 Å². The molecule has 206 valence electrons. The third kappa shape index (κ3) is 6.38. The highest BCUT2D eigenvalue weighted by atomic mass is 32.2. The van der Waals surface area contributed by atoms with Crippen LogP contribution in [0.1, 0.15) is 37.9 Å². The van der Waals surface area contributed by atoms with Gasteiger partial charge in [-0.1, -0.05) is 17.7 Å². The van der Waals surface area contributed by atoms with Crippen LogP contribution in [0.15, 0.2) is 46.4 Å². The first-order valence-corrected chi connectivity index (χ1v) is 13.7. The molecule has 11 nitrogen and oxygen atoms in total. The summed E-state index contributed by atoms with van der Waals surface area (Å²) >= 11 is 0. The number of rotatable bonds is 10. The molecule has 0 spiro atoms. The number of ether oxygens (including phenoxy) is 3. The van der Waals surface area contributed by atoms with E-state index in [1.54, 1.807) is 32.5 Å². The summed E-state index contributed by atoms with van der Waals surface area (Å²) in [5, 5.41) is 0.753. The average molecular weight is 546 g/mol. The second kappa shape index (κ2) is 11.1. The van der Waals surface area contributed by atoms with E-state index in [2.05, 4.69) is 15.0 Å². The number of aliphatic imine (C=N–C) groups is 1. The molecule has 3 aromatic rings. The van der Waals surface area contributed by atoms with Gasteiger partial charge in [0.05, 0.1) is 29.3 Å². The molecule has 1 aliphatic rings. The molecule has 1 aliphatic heterocycles. The fourth-order valence-electron chi connectivity index (χ4n) is 4.12. The Hall–Kier alpha value is -2.90. The van der Waals surface area contributed by atoms with Gasteiger partial charge in [-0.2, -0.15) is 8.42 Å². The lowest BCUT2D eigenvalue weighted by Gasteiger charge is -2.30.